The third-order valence-electron chi connectivity index (χ3n) is 2.14. The lowest BCUT2D eigenvalue weighted by molar-refractivity contribution is -0.153. The first-order valence-corrected chi connectivity index (χ1v) is 5.46. The van der Waals surface area contributed by atoms with E-state index in [1.807, 2.05) is 0 Å². The molecule has 0 aromatic rings. The Kier molecular flexibility index (Phi) is 5.45. The number of rotatable bonds is 7. The van der Waals surface area contributed by atoms with Crippen LogP contribution < -0.4 is 0 Å². The van der Waals surface area contributed by atoms with E-state index in [0.717, 1.165) is 6.08 Å². The zero-order valence-corrected chi connectivity index (χ0v) is 10.7. The second-order valence-electron chi connectivity index (χ2n) is 3.54. The summed E-state index contributed by atoms with van der Waals surface area (Å²) in [5.41, 5.74) is -0.0789. The van der Waals surface area contributed by atoms with Crippen molar-refractivity contribution >= 4 is 23.9 Å². The summed E-state index contributed by atoms with van der Waals surface area (Å²) in [5.74, 6) is -3.37. The molecule has 0 bridgehead atoms. The van der Waals surface area contributed by atoms with Crippen molar-refractivity contribution in [1.29, 1.82) is 0 Å². The normalized spacial score (nSPS) is 13.3. The summed E-state index contributed by atoms with van der Waals surface area (Å²) in [6.07, 6.45) is 0.537. The minimum atomic E-state index is -0.866. The molecule has 0 spiro atoms. The molecule has 0 aromatic carbocycles. The molecule has 0 radical (unpaired) electrons. The van der Waals surface area contributed by atoms with Crippen LogP contribution >= 0.6 is 0 Å². The van der Waals surface area contributed by atoms with Crippen molar-refractivity contribution in [2.75, 3.05) is 20.3 Å². The third-order valence-corrected chi connectivity index (χ3v) is 2.14. The number of hydrogen-bond donors (Lipinski definition) is 0. The maximum absolute atomic E-state index is 11.3. The van der Waals surface area contributed by atoms with Gasteiger partial charge in [-0.2, -0.15) is 0 Å². The van der Waals surface area contributed by atoms with Gasteiger partial charge in [-0.25, -0.2) is 14.4 Å². The summed E-state index contributed by atoms with van der Waals surface area (Å²) in [7, 11) is 1.26. The molecule has 0 atom stereocenters. The fourth-order valence-corrected chi connectivity index (χ4v) is 1.17. The molecule has 20 heavy (non-hydrogen) atoms. The van der Waals surface area contributed by atoms with E-state index >= 15 is 0 Å². The summed E-state index contributed by atoms with van der Waals surface area (Å²) in [6.45, 7) is 2.89. The Morgan fingerprint density at radius 1 is 1.25 bits per heavy atom. The van der Waals surface area contributed by atoms with Crippen molar-refractivity contribution < 1.29 is 38.1 Å². The van der Waals surface area contributed by atoms with Crippen molar-refractivity contribution in [3.63, 3.8) is 0 Å². The second-order valence-corrected chi connectivity index (χ2v) is 3.54. The Hall–Kier alpha value is -2.64. The van der Waals surface area contributed by atoms with Gasteiger partial charge in [0.2, 0.25) is 0 Å². The number of ether oxygens (including phenoxy) is 4. The van der Waals surface area contributed by atoms with Gasteiger partial charge in [-0.15, -0.1) is 0 Å². The van der Waals surface area contributed by atoms with Crippen LogP contribution in [0.15, 0.2) is 24.0 Å². The number of hydrogen-bond acceptors (Lipinski definition) is 8. The Morgan fingerprint density at radius 3 is 2.45 bits per heavy atom. The quantitative estimate of drug-likeness (QED) is 0.156. The first-order chi connectivity index (χ1) is 9.43. The molecule has 0 unspecified atom stereocenters. The Balaban J connectivity index is 2.23. The fourth-order valence-electron chi connectivity index (χ4n) is 1.17. The van der Waals surface area contributed by atoms with E-state index in [-0.39, 0.29) is 31.0 Å². The molecule has 0 aliphatic carbocycles. The largest absolute Gasteiger partial charge is 0.490 e. The number of carbonyl (C=O) groups is 4. The summed E-state index contributed by atoms with van der Waals surface area (Å²) in [4.78, 5) is 44.2. The van der Waals surface area contributed by atoms with E-state index in [2.05, 4.69) is 20.8 Å². The van der Waals surface area contributed by atoms with Gasteiger partial charge in [-0.1, -0.05) is 0 Å². The molecule has 8 nitrogen and oxygen atoms in total. The number of esters is 4. The fraction of sp³-hybridized carbons (Fsp3) is 0.333. The molecular weight excluding hydrogens is 272 g/mol. The predicted octanol–water partition coefficient (Wildman–Crippen LogP) is -0.367. The molecule has 0 saturated carbocycles. The van der Waals surface area contributed by atoms with Crippen LogP contribution in [-0.2, 0) is 38.1 Å². The molecule has 1 rings (SSSR count). The predicted molar refractivity (Wildman–Crippen MR) is 61.9 cm³/mol. The van der Waals surface area contributed by atoms with E-state index in [0.29, 0.717) is 0 Å². The lowest BCUT2D eigenvalue weighted by Crippen LogP contribution is -2.16. The smallest absolute Gasteiger partial charge is 0.373 e. The van der Waals surface area contributed by atoms with Crippen molar-refractivity contribution in [2.24, 2.45) is 0 Å². The molecule has 0 aromatic heterocycles. The zero-order valence-electron chi connectivity index (χ0n) is 10.7. The van der Waals surface area contributed by atoms with Crippen LogP contribution in [0.3, 0.4) is 0 Å². The molecule has 0 amide bonds. The number of cyclic esters (lactones) is 2. The summed E-state index contributed by atoms with van der Waals surface area (Å²) < 4.78 is 18.1. The van der Waals surface area contributed by atoms with Crippen LogP contribution in [0, 0.1) is 0 Å². The van der Waals surface area contributed by atoms with Crippen LogP contribution in [0.2, 0.25) is 0 Å². The average molecular weight is 284 g/mol. The van der Waals surface area contributed by atoms with Crippen LogP contribution in [0.1, 0.15) is 6.42 Å². The van der Waals surface area contributed by atoms with Gasteiger partial charge >= 0.3 is 23.9 Å². The van der Waals surface area contributed by atoms with E-state index in [1.54, 1.807) is 0 Å². The van der Waals surface area contributed by atoms with Gasteiger partial charge in [-0.3, -0.25) is 4.79 Å². The van der Waals surface area contributed by atoms with Gasteiger partial charge in [0.25, 0.3) is 0 Å². The first-order valence-electron chi connectivity index (χ1n) is 5.46. The second kappa shape index (κ2) is 7.07. The standard InChI is InChI=1S/C12H12O8/c1-7(17-2)11(15)19-4-3-18-9(13)5-8-6-10(14)20-12(8)16/h6H,1,3-5H2,2H3. The maximum atomic E-state index is 11.3. The molecule has 1 aliphatic rings. The maximum Gasteiger partial charge on any atom is 0.373 e. The topological polar surface area (TPSA) is 105 Å². The highest BCUT2D eigenvalue weighted by atomic mass is 16.6. The Labute approximate surface area is 113 Å². The van der Waals surface area contributed by atoms with E-state index in [9.17, 15) is 19.2 Å². The lowest BCUT2D eigenvalue weighted by Gasteiger charge is -2.06. The average Bonchev–Trinajstić information content (AvgIpc) is 2.71. The molecule has 0 fully saturated rings. The van der Waals surface area contributed by atoms with Crippen molar-refractivity contribution in [3.8, 4) is 0 Å². The van der Waals surface area contributed by atoms with Gasteiger partial charge in [0.05, 0.1) is 19.1 Å². The van der Waals surface area contributed by atoms with Crippen LogP contribution in [0.4, 0.5) is 0 Å². The molecule has 0 N–H and O–H groups in total. The lowest BCUT2D eigenvalue weighted by atomic mass is 10.2. The summed E-state index contributed by atoms with van der Waals surface area (Å²) in [6, 6.07) is 0. The molecule has 8 heteroatoms. The molecular formula is C12H12O8. The van der Waals surface area contributed by atoms with E-state index in [1.165, 1.54) is 7.11 Å². The van der Waals surface area contributed by atoms with Gasteiger partial charge in [0, 0.05) is 6.08 Å². The number of carbonyl (C=O) groups excluding carboxylic acids is 4. The Bertz CT molecular complexity index is 488. The minimum absolute atomic E-state index is 0.0789. The van der Waals surface area contributed by atoms with Gasteiger partial charge < -0.3 is 18.9 Å². The molecule has 1 heterocycles. The highest BCUT2D eigenvalue weighted by Gasteiger charge is 2.26. The first kappa shape index (κ1) is 15.4. The molecule has 108 valence electrons. The summed E-state index contributed by atoms with van der Waals surface area (Å²) in [5, 5.41) is 0. The zero-order chi connectivity index (χ0) is 15.1. The number of methoxy groups -OCH3 is 1. The molecule has 0 saturated heterocycles. The SMILES string of the molecule is C=C(OC)C(=O)OCCOC(=O)CC1=CC(=O)OC1=O. The van der Waals surface area contributed by atoms with Gasteiger partial charge in [0.1, 0.15) is 13.2 Å². The third kappa shape index (κ3) is 4.56. The van der Waals surface area contributed by atoms with E-state index < -0.39 is 23.9 Å². The van der Waals surface area contributed by atoms with Crippen LogP contribution in [-0.4, -0.2) is 44.2 Å². The highest BCUT2D eigenvalue weighted by molar-refractivity contribution is 6.10. The van der Waals surface area contributed by atoms with Gasteiger partial charge in [0.15, 0.2) is 5.76 Å². The van der Waals surface area contributed by atoms with Crippen molar-refractivity contribution in [1.82, 2.24) is 0 Å². The van der Waals surface area contributed by atoms with Gasteiger partial charge in [-0.05, 0) is 6.58 Å². The summed E-state index contributed by atoms with van der Waals surface area (Å²) >= 11 is 0. The van der Waals surface area contributed by atoms with Crippen molar-refractivity contribution in [2.45, 2.75) is 6.42 Å². The minimum Gasteiger partial charge on any atom is -0.490 e. The Morgan fingerprint density at radius 2 is 1.90 bits per heavy atom. The van der Waals surface area contributed by atoms with E-state index in [4.69, 9.17) is 4.74 Å². The van der Waals surface area contributed by atoms with Crippen molar-refractivity contribution in [3.05, 3.63) is 24.0 Å². The highest BCUT2D eigenvalue weighted by Crippen LogP contribution is 2.12. The monoisotopic (exact) mass is 284 g/mol. The van der Waals surface area contributed by atoms with Crippen LogP contribution in [0.25, 0.3) is 0 Å². The molecule has 1 aliphatic heterocycles. The van der Waals surface area contributed by atoms with Crippen LogP contribution in [0.5, 0.6) is 0 Å².